The first-order chi connectivity index (χ1) is 9.93. The smallest absolute Gasteiger partial charge is 0.327 e. The Morgan fingerprint density at radius 1 is 1.05 bits per heavy atom. The van der Waals surface area contributed by atoms with E-state index in [0.717, 1.165) is 18.4 Å². The number of rotatable bonds is 8. The fraction of sp³-hybridized carbons (Fsp3) is 0.611. The lowest BCUT2D eigenvalue weighted by atomic mass is 9.94. The van der Waals surface area contributed by atoms with Crippen molar-refractivity contribution >= 4 is 5.97 Å². The van der Waals surface area contributed by atoms with Crippen molar-refractivity contribution in [3.05, 3.63) is 35.9 Å². The third kappa shape index (κ3) is 6.30. The highest BCUT2D eigenvalue weighted by atomic mass is 16.5. The van der Waals surface area contributed by atoms with Crippen molar-refractivity contribution < 1.29 is 9.53 Å². The summed E-state index contributed by atoms with van der Waals surface area (Å²) in [5.74, 6) is 0.962. The molecule has 1 rings (SSSR count). The van der Waals surface area contributed by atoms with E-state index in [1.807, 2.05) is 30.3 Å². The summed E-state index contributed by atoms with van der Waals surface area (Å²) in [5, 5.41) is 3.51. The molecule has 0 bridgehead atoms. The lowest BCUT2D eigenvalue weighted by molar-refractivity contribution is -0.143. The number of hydrogen-bond donors (Lipinski definition) is 1. The number of carbonyl (C=O) groups is 1. The highest BCUT2D eigenvalue weighted by Crippen LogP contribution is 2.20. The van der Waals surface area contributed by atoms with E-state index in [-0.39, 0.29) is 5.97 Å². The van der Waals surface area contributed by atoms with E-state index in [1.165, 1.54) is 7.11 Å². The van der Waals surface area contributed by atoms with Crippen molar-refractivity contribution in [1.29, 1.82) is 0 Å². The van der Waals surface area contributed by atoms with Gasteiger partial charge in [0.15, 0.2) is 0 Å². The molecule has 0 saturated carbocycles. The van der Waals surface area contributed by atoms with Crippen molar-refractivity contribution in [3.8, 4) is 0 Å². The summed E-state index contributed by atoms with van der Waals surface area (Å²) in [6.07, 6.45) is 2.11. The molecule has 3 nitrogen and oxygen atoms in total. The molecule has 1 aromatic carbocycles. The van der Waals surface area contributed by atoms with E-state index in [1.54, 1.807) is 0 Å². The van der Waals surface area contributed by atoms with Gasteiger partial charge in [-0.1, -0.05) is 58.0 Å². The van der Waals surface area contributed by atoms with Gasteiger partial charge in [0, 0.05) is 6.04 Å². The quantitative estimate of drug-likeness (QED) is 0.737. The van der Waals surface area contributed by atoms with Crippen LogP contribution < -0.4 is 5.32 Å². The highest BCUT2D eigenvalue weighted by Gasteiger charge is 2.25. The SMILES string of the molecule is COC(=O)C(NC(CC(C)C)CC(C)C)c1ccccc1. The Morgan fingerprint density at radius 3 is 2.00 bits per heavy atom. The molecule has 0 radical (unpaired) electrons. The second-order valence-corrected chi connectivity index (χ2v) is 6.49. The topological polar surface area (TPSA) is 38.3 Å². The first-order valence-corrected chi connectivity index (χ1v) is 7.82. The van der Waals surface area contributed by atoms with Gasteiger partial charge in [-0.25, -0.2) is 4.79 Å². The number of hydrogen-bond acceptors (Lipinski definition) is 3. The number of ether oxygens (including phenoxy) is 1. The molecule has 0 saturated heterocycles. The van der Waals surface area contributed by atoms with Crippen LogP contribution in [0.4, 0.5) is 0 Å². The second-order valence-electron chi connectivity index (χ2n) is 6.49. The van der Waals surface area contributed by atoms with Gasteiger partial charge in [-0.3, -0.25) is 5.32 Å². The standard InChI is InChI=1S/C18H29NO2/c1-13(2)11-16(12-14(3)4)19-17(18(20)21-5)15-9-7-6-8-10-15/h6-10,13-14,16-17,19H,11-12H2,1-5H3. The molecule has 0 amide bonds. The Bertz CT molecular complexity index is 404. The minimum Gasteiger partial charge on any atom is -0.468 e. The average Bonchev–Trinajstić information content (AvgIpc) is 2.43. The Labute approximate surface area is 129 Å². The van der Waals surface area contributed by atoms with E-state index in [0.29, 0.717) is 17.9 Å². The van der Waals surface area contributed by atoms with Crippen LogP contribution in [0.2, 0.25) is 0 Å². The first kappa shape index (κ1) is 17.7. The predicted octanol–water partition coefficient (Wildman–Crippen LogP) is 3.95. The predicted molar refractivity (Wildman–Crippen MR) is 87.0 cm³/mol. The molecule has 0 aliphatic rings. The van der Waals surface area contributed by atoms with E-state index in [9.17, 15) is 4.79 Å². The number of benzene rings is 1. The Balaban J connectivity index is 2.89. The summed E-state index contributed by atoms with van der Waals surface area (Å²) in [4.78, 5) is 12.1. The minimum atomic E-state index is -0.390. The molecule has 0 aliphatic heterocycles. The summed E-state index contributed by atoms with van der Waals surface area (Å²) in [6, 6.07) is 9.72. The highest BCUT2D eigenvalue weighted by molar-refractivity contribution is 5.77. The van der Waals surface area contributed by atoms with Crippen LogP contribution in [0.1, 0.15) is 52.1 Å². The third-order valence-corrected chi connectivity index (χ3v) is 3.48. The van der Waals surface area contributed by atoms with Crippen molar-refractivity contribution in [3.63, 3.8) is 0 Å². The Kier molecular flexibility index (Phi) is 7.44. The zero-order valence-corrected chi connectivity index (χ0v) is 13.9. The number of esters is 1. The lowest BCUT2D eigenvalue weighted by Crippen LogP contribution is -2.39. The normalized spacial score (nSPS) is 13.0. The maximum atomic E-state index is 12.1. The van der Waals surface area contributed by atoms with Gasteiger partial charge in [-0.05, 0) is 30.2 Å². The zero-order valence-electron chi connectivity index (χ0n) is 13.9. The summed E-state index contributed by atoms with van der Waals surface area (Å²) < 4.78 is 4.98. The largest absolute Gasteiger partial charge is 0.468 e. The van der Waals surface area contributed by atoms with Crippen LogP contribution in [-0.2, 0) is 9.53 Å². The molecule has 0 fully saturated rings. The fourth-order valence-corrected chi connectivity index (χ4v) is 2.67. The molecule has 118 valence electrons. The van der Waals surface area contributed by atoms with E-state index < -0.39 is 6.04 Å². The Hall–Kier alpha value is -1.35. The van der Waals surface area contributed by atoms with Crippen LogP contribution in [0.5, 0.6) is 0 Å². The van der Waals surface area contributed by atoms with Gasteiger partial charge >= 0.3 is 5.97 Å². The molecule has 1 unspecified atom stereocenters. The van der Waals surface area contributed by atoms with Crippen LogP contribution in [0.3, 0.4) is 0 Å². The van der Waals surface area contributed by atoms with Crippen LogP contribution in [0.15, 0.2) is 30.3 Å². The van der Waals surface area contributed by atoms with Gasteiger partial charge in [0.1, 0.15) is 6.04 Å². The average molecular weight is 291 g/mol. The van der Waals surface area contributed by atoms with Gasteiger partial charge in [-0.15, -0.1) is 0 Å². The lowest BCUT2D eigenvalue weighted by Gasteiger charge is -2.27. The van der Waals surface area contributed by atoms with Crippen molar-refractivity contribution in [2.75, 3.05) is 7.11 Å². The summed E-state index contributed by atoms with van der Waals surface area (Å²) >= 11 is 0. The van der Waals surface area contributed by atoms with Crippen LogP contribution in [-0.4, -0.2) is 19.1 Å². The summed E-state index contributed by atoms with van der Waals surface area (Å²) in [7, 11) is 1.44. The van der Waals surface area contributed by atoms with Crippen LogP contribution in [0, 0.1) is 11.8 Å². The first-order valence-electron chi connectivity index (χ1n) is 7.82. The molecule has 0 spiro atoms. The van der Waals surface area contributed by atoms with Gasteiger partial charge in [-0.2, -0.15) is 0 Å². The van der Waals surface area contributed by atoms with E-state index >= 15 is 0 Å². The van der Waals surface area contributed by atoms with Crippen molar-refractivity contribution in [2.45, 2.75) is 52.6 Å². The molecular formula is C18H29NO2. The number of methoxy groups -OCH3 is 1. The molecule has 21 heavy (non-hydrogen) atoms. The van der Waals surface area contributed by atoms with Crippen molar-refractivity contribution in [1.82, 2.24) is 5.32 Å². The molecule has 3 heteroatoms. The van der Waals surface area contributed by atoms with Gasteiger partial charge < -0.3 is 4.74 Å². The maximum Gasteiger partial charge on any atom is 0.327 e. The van der Waals surface area contributed by atoms with Gasteiger partial charge in [0.2, 0.25) is 0 Å². The third-order valence-electron chi connectivity index (χ3n) is 3.48. The molecule has 0 aromatic heterocycles. The molecule has 1 atom stereocenters. The Morgan fingerprint density at radius 2 is 1.57 bits per heavy atom. The summed E-state index contributed by atoms with van der Waals surface area (Å²) in [5.41, 5.74) is 0.960. The number of nitrogens with one attached hydrogen (secondary N) is 1. The fourth-order valence-electron chi connectivity index (χ4n) is 2.67. The molecule has 1 N–H and O–H groups in total. The minimum absolute atomic E-state index is 0.223. The van der Waals surface area contributed by atoms with Gasteiger partial charge in [0.25, 0.3) is 0 Å². The second kappa shape index (κ2) is 8.83. The molecule has 0 aliphatic carbocycles. The molecule has 1 aromatic rings. The van der Waals surface area contributed by atoms with Crippen LogP contribution in [0.25, 0.3) is 0 Å². The maximum absolute atomic E-state index is 12.1. The van der Waals surface area contributed by atoms with Crippen LogP contribution >= 0.6 is 0 Å². The monoisotopic (exact) mass is 291 g/mol. The molecule has 0 heterocycles. The zero-order chi connectivity index (χ0) is 15.8. The van der Waals surface area contributed by atoms with E-state index in [4.69, 9.17) is 4.74 Å². The summed E-state index contributed by atoms with van der Waals surface area (Å²) in [6.45, 7) is 8.85. The van der Waals surface area contributed by atoms with Crippen molar-refractivity contribution in [2.24, 2.45) is 11.8 Å². The van der Waals surface area contributed by atoms with E-state index in [2.05, 4.69) is 33.0 Å². The van der Waals surface area contributed by atoms with Gasteiger partial charge in [0.05, 0.1) is 7.11 Å². The number of carbonyl (C=O) groups excluding carboxylic acids is 1. The molecular weight excluding hydrogens is 262 g/mol.